The van der Waals surface area contributed by atoms with Gasteiger partial charge in [0.15, 0.2) is 4.80 Å². The summed E-state index contributed by atoms with van der Waals surface area (Å²) in [5.41, 5.74) is 5.62. The van der Waals surface area contributed by atoms with Crippen LogP contribution in [0.2, 0.25) is 0 Å². The van der Waals surface area contributed by atoms with E-state index in [4.69, 9.17) is 14.5 Å². The number of fused-ring (bicyclic) bond motifs is 1. The Kier molecular flexibility index (Phi) is 7.63. The van der Waals surface area contributed by atoms with Crippen LogP contribution in [0.15, 0.2) is 81.7 Å². The van der Waals surface area contributed by atoms with Crippen molar-refractivity contribution in [3.8, 4) is 11.4 Å². The van der Waals surface area contributed by atoms with Gasteiger partial charge in [-0.3, -0.25) is 9.36 Å². The second-order valence-corrected chi connectivity index (χ2v) is 11.0. The smallest absolute Gasteiger partial charge is 0.338 e. The molecule has 0 saturated carbocycles. The minimum absolute atomic E-state index is 0.200. The van der Waals surface area contributed by atoms with Crippen molar-refractivity contribution >= 4 is 23.4 Å². The lowest BCUT2D eigenvalue weighted by molar-refractivity contribution is -0.143. The summed E-state index contributed by atoms with van der Waals surface area (Å²) in [4.78, 5) is 32.6. The summed E-state index contributed by atoms with van der Waals surface area (Å²) in [7, 11) is 0. The number of thiazole rings is 1. The van der Waals surface area contributed by atoms with Crippen LogP contribution in [0.25, 0.3) is 11.8 Å². The molecule has 7 nitrogen and oxygen atoms in total. The largest absolute Gasteiger partial charge is 0.494 e. The van der Waals surface area contributed by atoms with Gasteiger partial charge in [-0.25, -0.2) is 9.79 Å². The highest BCUT2D eigenvalue weighted by Crippen LogP contribution is 2.32. The van der Waals surface area contributed by atoms with Crippen molar-refractivity contribution in [1.82, 2.24) is 9.13 Å². The second kappa shape index (κ2) is 11.1. The van der Waals surface area contributed by atoms with Crippen molar-refractivity contribution < 1.29 is 14.3 Å². The number of allylic oxidation sites excluding steroid dienone is 1. The monoisotopic (exact) mass is 555 g/mol. The van der Waals surface area contributed by atoms with Crippen LogP contribution in [0.3, 0.4) is 0 Å². The van der Waals surface area contributed by atoms with Gasteiger partial charge in [-0.15, -0.1) is 0 Å². The number of para-hydroxylation sites is 1. The van der Waals surface area contributed by atoms with Crippen molar-refractivity contribution in [2.75, 3.05) is 6.61 Å². The molecule has 5 rings (SSSR count). The number of hydrogen-bond donors (Lipinski definition) is 0. The van der Waals surface area contributed by atoms with Crippen molar-refractivity contribution in [2.24, 2.45) is 4.99 Å². The molecular weight excluding hydrogens is 522 g/mol. The lowest BCUT2D eigenvalue weighted by atomic mass is 9.96. The third kappa shape index (κ3) is 5.07. The summed E-state index contributed by atoms with van der Waals surface area (Å²) >= 11 is 1.33. The number of aromatic nitrogens is 2. The van der Waals surface area contributed by atoms with Crippen molar-refractivity contribution in [1.29, 1.82) is 0 Å². The third-order valence-electron chi connectivity index (χ3n) is 6.86. The summed E-state index contributed by atoms with van der Waals surface area (Å²) in [6.45, 7) is 12.0. The number of rotatable bonds is 7. The molecule has 0 amide bonds. The molecule has 40 heavy (non-hydrogen) atoms. The van der Waals surface area contributed by atoms with Crippen molar-refractivity contribution in [3.05, 3.63) is 114 Å². The van der Waals surface area contributed by atoms with Crippen molar-refractivity contribution in [2.45, 2.75) is 53.7 Å². The van der Waals surface area contributed by atoms with Crippen LogP contribution in [-0.2, 0) is 9.53 Å². The minimum Gasteiger partial charge on any atom is -0.494 e. The molecule has 0 bridgehead atoms. The highest BCUT2D eigenvalue weighted by atomic mass is 32.1. The van der Waals surface area contributed by atoms with Gasteiger partial charge in [-0.2, -0.15) is 0 Å². The lowest BCUT2D eigenvalue weighted by Gasteiger charge is -2.25. The maximum absolute atomic E-state index is 14.0. The highest BCUT2D eigenvalue weighted by Gasteiger charge is 2.33. The second-order valence-electron chi connectivity index (χ2n) is 10.0. The Labute approximate surface area is 237 Å². The Balaban J connectivity index is 1.67. The van der Waals surface area contributed by atoms with Crippen LogP contribution >= 0.6 is 11.3 Å². The normalized spacial score (nSPS) is 15.3. The fraction of sp³-hybridized carbons (Fsp3) is 0.281. The number of carbonyl (C=O) groups is 1. The summed E-state index contributed by atoms with van der Waals surface area (Å²) in [5.74, 6) is 0.246. The summed E-state index contributed by atoms with van der Waals surface area (Å²) in [6.07, 6.45) is 1.62. The molecule has 0 saturated heterocycles. The molecule has 0 radical (unpaired) electrons. The number of aryl methyl sites for hydroxylation is 1. The van der Waals surface area contributed by atoms with Gasteiger partial charge < -0.3 is 14.0 Å². The van der Waals surface area contributed by atoms with Gasteiger partial charge in [0, 0.05) is 17.1 Å². The van der Waals surface area contributed by atoms with Gasteiger partial charge in [0.1, 0.15) is 5.75 Å². The molecule has 0 fully saturated rings. The summed E-state index contributed by atoms with van der Waals surface area (Å²) < 4.78 is 15.6. The standard InChI is InChI=1S/C32H33N3O4S/c1-7-38-26-15-13-23(14-16-26)29-28(31(37)39-19(2)3)21(5)33-32-35(29)30(36)27(40-32)18-24-17-20(4)34(22(24)6)25-11-9-8-10-12-25/h8-19,29H,7H2,1-6H3/b27-18+/t29-/m0/s1. The Morgan fingerprint density at radius 2 is 1.77 bits per heavy atom. The Morgan fingerprint density at radius 1 is 1.07 bits per heavy atom. The number of benzene rings is 2. The first-order valence-corrected chi connectivity index (χ1v) is 14.2. The Hall–Kier alpha value is -4.17. The van der Waals surface area contributed by atoms with E-state index in [2.05, 4.69) is 36.6 Å². The molecule has 206 valence electrons. The quantitative estimate of drug-likeness (QED) is 0.301. The van der Waals surface area contributed by atoms with Crippen LogP contribution in [0.5, 0.6) is 5.75 Å². The number of ether oxygens (including phenoxy) is 2. The van der Waals surface area contributed by atoms with E-state index in [9.17, 15) is 9.59 Å². The molecule has 0 aliphatic carbocycles. The van der Waals surface area contributed by atoms with E-state index in [-0.39, 0.29) is 11.7 Å². The third-order valence-corrected chi connectivity index (χ3v) is 7.85. The highest BCUT2D eigenvalue weighted by molar-refractivity contribution is 7.07. The van der Waals surface area contributed by atoms with Crippen LogP contribution in [0.1, 0.15) is 56.3 Å². The fourth-order valence-electron chi connectivity index (χ4n) is 5.14. The molecule has 8 heteroatoms. The van der Waals surface area contributed by atoms with E-state index >= 15 is 0 Å². The number of nitrogens with zero attached hydrogens (tertiary/aromatic N) is 3. The molecule has 1 aliphatic rings. The van der Waals surface area contributed by atoms with E-state index in [1.165, 1.54) is 11.3 Å². The lowest BCUT2D eigenvalue weighted by Crippen LogP contribution is -2.40. The summed E-state index contributed by atoms with van der Waals surface area (Å²) in [5, 5.41) is 0. The molecule has 1 aliphatic heterocycles. The first kappa shape index (κ1) is 27.4. The first-order valence-electron chi connectivity index (χ1n) is 13.4. The van der Waals surface area contributed by atoms with Gasteiger partial charge >= 0.3 is 5.97 Å². The van der Waals surface area contributed by atoms with Crippen molar-refractivity contribution in [3.63, 3.8) is 0 Å². The maximum Gasteiger partial charge on any atom is 0.338 e. The maximum atomic E-state index is 14.0. The van der Waals surface area contributed by atoms with Gasteiger partial charge in [0.05, 0.1) is 34.6 Å². The molecule has 4 aromatic rings. The predicted molar refractivity (Wildman–Crippen MR) is 158 cm³/mol. The van der Waals surface area contributed by atoms with Crippen LogP contribution in [-0.4, -0.2) is 27.8 Å². The first-order chi connectivity index (χ1) is 19.2. The fourth-order valence-corrected chi connectivity index (χ4v) is 6.18. The molecule has 3 heterocycles. The zero-order valence-corrected chi connectivity index (χ0v) is 24.4. The number of hydrogen-bond acceptors (Lipinski definition) is 6. The van der Waals surface area contributed by atoms with Crippen LogP contribution < -0.4 is 19.6 Å². The minimum atomic E-state index is -0.669. The zero-order chi connectivity index (χ0) is 28.6. The zero-order valence-electron chi connectivity index (χ0n) is 23.6. The van der Waals surface area contributed by atoms with Gasteiger partial charge in [0.25, 0.3) is 5.56 Å². The van der Waals surface area contributed by atoms with Gasteiger partial charge in [0.2, 0.25) is 0 Å². The van der Waals surface area contributed by atoms with E-state index in [1.54, 1.807) is 25.3 Å². The van der Waals surface area contributed by atoms with E-state index in [0.717, 1.165) is 34.0 Å². The predicted octanol–water partition coefficient (Wildman–Crippen LogP) is 4.99. The van der Waals surface area contributed by atoms with E-state index in [1.807, 2.05) is 55.5 Å². The molecule has 1 atom stereocenters. The molecule has 0 spiro atoms. The van der Waals surface area contributed by atoms with Crippen LogP contribution in [0.4, 0.5) is 0 Å². The Bertz CT molecular complexity index is 1770. The van der Waals surface area contributed by atoms with E-state index < -0.39 is 12.0 Å². The average molecular weight is 556 g/mol. The molecule has 0 unspecified atom stereocenters. The molecule has 0 N–H and O–H groups in total. The van der Waals surface area contributed by atoms with E-state index in [0.29, 0.717) is 27.2 Å². The molecule has 2 aromatic heterocycles. The number of esters is 1. The molecular formula is C32H33N3O4S. The SMILES string of the molecule is CCOc1ccc([C@H]2C(C(=O)OC(C)C)=C(C)N=c3s/c(=C/c4cc(C)n(-c5ccccc5)c4C)c(=O)n32)cc1. The topological polar surface area (TPSA) is 74.8 Å². The van der Waals surface area contributed by atoms with Gasteiger partial charge in [-0.05, 0) is 89.1 Å². The number of carbonyl (C=O) groups excluding carboxylic acids is 1. The Morgan fingerprint density at radius 3 is 2.42 bits per heavy atom. The summed E-state index contributed by atoms with van der Waals surface area (Å²) in [6, 6.07) is 19.1. The average Bonchev–Trinajstić information content (AvgIpc) is 3.37. The van der Waals surface area contributed by atoms with Gasteiger partial charge in [-0.1, -0.05) is 41.7 Å². The molecule has 2 aromatic carbocycles. The van der Waals surface area contributed by atoms with Crippen LogP contribution in [0, 0.1) is 13.8 Å².